The van der Waals surface area contributed by atoms with Gasteiger partial charge in [-0.2, -0.15) is 0 Å². The molecule has 100 valence electrons. The third kappa shape index (κ3) is 2.78. The topological polar surface area (TPSA) is 84.0 Å². The maximum Gasteiger partial charge on any atom is 0.222 e. The lowest BCUT2D eigenvalue weighted by molar-refractivity contribution is 0.448. The van der Waals surface area contributed by atoms with Crippen LogP contribution in [0, 0.1) is 0 Å². The Bertz CT molecular complexity index is 524. The summed E-state index contributed by atoms with van der Waals surface area (Å²) in [6, 6.07) is 0. The molecule has 2 N–H and O–H groups in total. The fraction of sp³-hybridized carbons (Fsp3) is 0.636. The van der Waals surface area contributed by atoms with Crippen molar-refractivity contribution in [3.63, 3.8) is 0 Å². The van der Waals surface area contributed by atoms with Gasteiger partial charge in [-0.3, -0.25) is 0 Å². The molecule has 1 aliphatic heterocycles. The largest absolute Gasteiger partial charge is 0.357 e. The van der Waals surface area contributed by atoms with Gasteiger partial charge in [0.25, 0.3) is 0 Å². The van der Waals surface area contributed by atoms with E-state index in [1.807, 2.05) is 0 Å². The Morgan fingerprint density at radius 1 is 1.50 bits per heavy atom. The maximum absolute atomic E-state index is 11.8. The molecule has 0 amide bonds. The van der Waals surface area contributed by atoms with Crippen molar-refractivity contribution in [2.45, 2.75) is 23.7 Å². The van der Waals surface area contributed by atoms with E-state index in [4.69, 9.17) is 0 Å². The van der Waals surface area contributed by atoms with Crippen LogP contribution in [-0.2, 0) is 9.84 Å². The Morgan fingerprint density at radius 2 is 2.28 bits per heavy atom. The van der Waals surface area contributed by atoms with Crippen LogP contribution in [0.4, 0.5) is 5.95 Å². The number of anilines is 1. The molecule has 18 heavy (non-hydrogen) atoms. The minimum atomic E-state index is -3.29. The van der Waals surface area contributed by atoms with E-state index in [0.717, 1.165) is 25.9 Å². The van der Waals surface area contributed by atoms with Crippen LogP contribution in [0.15, 0.2) is 11.1 Å². The summed E-state index contributed by atoms with van der Waals surface area (Å²) < 4.78 is 23.6. The number of hydrogen-bond donors (Lipinski definition) is 2. The number of nitrogens with zero attached hydrogens (tertiary/aromatic N) is 2. The molecule has 1 fully saturated rings. The summed E-state index contributed by atoms with van der Waals surface area (Å²) in [5.74, 6) is 0.599. The summed E-state index contributed by atoms with van der Waals surface area (Å²) >= 11 is 0. The van der Waals surface area contributed by atoms with Crippen LogP contribution in [0.1, 0.15) is 24.5 Å². The van der Waals surface area contributed by atoms with Crippen molar-refractivity contribution in [1.29, 1.82) is 0 Å². The summed E-state index contributed by atoms with van der Waals surface area (Å²) in [6.07, 6.45) is 4.59. The Kier molecular flexibility index (Phi) is 3.82. The molecule has 1 aromatic rings. The van der Waals surface area contributed by atoms with Gasteiger partial charge in [-0.15, -0.1) is 0 Å². The first-order chi connectivity index (χ1) is 8.52. The molecule has 6 nitrogen and oxygen atoms in total. The van der Waals surface area contributed by atoms with Gasteiger partial charge >= 0.3 is 0 Å². The zero-order valence-electron chi connectivity index (χ0n) is 10.6. The van der Waals surface area contributed by atoms with Gasteiger partial charge in [-0.05, 0) is 19.4 Å². The number of nitrogens with one attached hydrogen (secondary N) is 2. The number of aromatic nitrogens is 2. The predicted molar refractivity (Wildman–Crippen MR) is 69.5 cm³/mol. The zero-order valence-corrected chi connectivity index (χ0v) is 11.4. The van der Waals surface area contributed by atoms with Crippen LogP contribution in [0.2, 0.25) is 0 Å². The second-order valence-corrected chi connectivity index (χ2v) is 6.49. The van der Waals surface area contributed by atoms with E-state index >= 15 is 0 Å². The van der Waals surface area contributed by atoms with Crippen molar-refractivity contribution in [2.24, 2.45) is 0 Å². The van der Waals surface area contributed by atoms with Crippen molar-refractivity contribution in [3.8, 4) is 0 Å². The lowest BCUT2D eigenvalue weighted by Gasteiger charge is -2.23. The quantitative estimate of drug-likeness (QED) is 0.826. The minimum absolute atomic E-state index is 0.138. The van der Waals surface area contributed by atoms with Crippen molar-refractivity contribution in [3.05, 3.63) is 11.9 Å². The lowest BCUT2D eigenvalue weighted by Crippen LogP contribution is -2.30. The van der Waals surface area contributed by atoms with Gasteiger partial charge in [0.2, 0.25) is 5.95 Å². The molecule has 1 saturated heterocycles. The van der Waals surface area contributed by atoms with E-state index in [9.17, 15) is 8.42 Å². The number of piperidine rings is 1. The van der Waals surface area contributed by atoms with E-state index in [1.165, 1.54) is 12.5 Å². The van der Waals surface area contributed by atoms with Gasteiger partial charge in [0, 0.05) is 25.8 Å². The van der Waals surface area contributed by atoms with E-state index in [1.54, 1.807) is 7.05 Å². The van der Waals surface area contributed by atoms with E-state index in [2.05, 4.69) is 20.6 Å². The molecule has 1 unspecified atom stereocenters. The average molecular weight is 270 g/mol. The molecule has 0 spiro atoms. The Morgan fingerprint density at radius 3 is 2.83 bits per heavy atom. The van der Waals surface area contributed by atoms with Crippen molar-refractivity contribution in [2.75, 3.05) is 31.7 Å². The van der Waals surface area contributed by atoms with Gasteiger partial charge < -0.3 is 10.6 Å². The molecule has 0 bridgehead atoms. The molecule has 7 heteroatoms. The zero-order chi connectivity index (χ0) is 13.2. The number of sulfone groups is 1. The van der Waals surface area contributed by atoms with Crippen LogP contribution in [-0.4, -0.2) is 44.8 Å². The average Bonchev–Trinajstić information content (AvgIpc) is 2.38. The first kappa shape index (κ1) is 13.2. The molecule has 1 aliphatic rings. The lowest BCUT2D eigenvalue weighted by atomic mass is 9.96. The van der Waals surface area contributed by atoms with Gasteiger partial charge in [0.05, 0.1) is 11.9 Å². The Hall–Kier alpha value is -1.21. The molecule has 0 aromatic carbocycles. The van der Waals surface area contributed by atoms with E-state index in [0.29, 0.717) is 11.6 Å². The normalized spacial score (nSPS) is 20.7. The van der Waals surface area contributed by atoms with Crippen LogP contribution in [0.25, 0.3) is 0 Å². The highest BCUT2D eigenvalue weighted by Crippen LogP contribution is 2.27. The predicted octanol–water partition coefficient (Wildman–Crippen LogP) is 0.389. The summed E-state index contributed by atoms with van der Waals surface area (Å²) in [7, 11) is -1.57. The molecule has 0 aliphatic carbocycles. The summed E-state index contributed by atoms with van der Waals surface area (Å²) in [6.45, 7) is 1.75. The molecule has 1 atom stereocenters. The smallest absolute Gasteiger partial charge is 0.222 e. The van der Waals surface area contributed by atoms with Gasteiger partial charge in [-0.25, -0.2) is 18.4 Å². The van der Waals surface area contributed by atoms with E-state index < -0.39 is 9.84 Å². The standard InChI is InChI=1S/C11H18N4O2S/c1-12-11-14-7-9(18(2,16)17)10(15-11)8-4-3-5-13-6-8/h7-8,13H,3-6H2,1-2H3,(H,12,14,15). The molecular weight excluding hydrogens is 252 g/mol. The fourth-order valence-electron chi connectivity index (χ4n) is 2.17. The number of hydrogen-bond acceptors (Lipinski definition) is 6. The van der Waals surface area contributed by atoms with E-state index in [-0.39, 0.29) is 10.8 Å². The van der Waals surface area contributed by atoms with Crippen LogP contribution in [0.3, 0.4) is 0 Å². The molecule has 0 radical (unpaired) electrons. The highest BCUT2D eigenvalue weighted by Gasteiger charge is 2.24. The van der Waals surface area contributed by atoms with Crippen molar-refractivity contribution in [1.82, 2.24) is 15.3 Å². The molecule has 1 aromatic heterocycles. The minimum Gasteiger partial charge on any atom is -0.357 e. The first-order valence-corrected chi connectivity index (χ1v) is 7.87. The van der Waals surface area contributed by atoms with Gasteiger partial charge in [0.1, 0.15) is 4.90 Å². The summed E-state index contributed by atoms with van der Waals surface area (Å²) in [5.41, 5.74) is 0.629. The van der Waals surface area contributed by atoms with Gasteiger partial charge in [0.15, 0.2) is 9.84 Å². The second-order valence-electron chi connectivity index (χ2n) is 4.51. The summed E-state index contributed by atoms with van der Waals surface area (Å²) in [5, 5.41) is 6.12. The maximum atomic E-state index is 11.8. The monoisotopic (exact) mass is 270 g/mol. The van der Waals surface area contributed by atoms with Crippen LogP contribution >= 0.6 is 0 Å². The van der Waals surface area contributed by atoms with Crippen molar-refractivity contribution < 1.29 is 8.42 Å². The SMILES string of the molecule is CNc1ncc(S(C)(=O)=O)c(C2CCCNC2)n1. The Balaban J connectivity index is 2.46. The summed E-state index contributed by atoms with van der Waals surface area (Å²) in [4.78, 5) is 8.58. The molecular formula is C11H18N4O2S. The Labute approximate surface area is 107 Å². The second kappa shape index (κ2) is 5.19. The number of rotatable bonds is 3. The third-order valence-electron chi connectivity index (χ3n) is 3.09. The third-order valence-corrected chi connectivity index (χ3v) is 4.20. The fourth-order valence-corrected chi connectivity index (χ4v) is 3.00. The van der Waals surface area contributed by atoms with Crippen LogP contribution < -0.4 is 10.6 Å². The molecule has 2 heterocycles. The molecule has 0 saturated carbocycles. The van der Waals surface area contributed by atoms with Crippen molar-refractivity contribution >= 4 is 15.8 Å². The first-order valence-electron chi connectivity index (χ1n) is 5.98. The van der Waals surface area contributed by atoms with Crippen LogP contribution in [0.5, 0.6) is 0 Å². The highest BCUT2D eigenvalue weighted by molar-refractivity contribution is 7.90. The van der Waals surface area contributed by atoms with Gasteiger partial charge in [-0.1, -0.05) is 0 Å². The highest BCUT2D eigenvalue weighted by atomic mass is 32.2. The molecule has 2 rings (SSSR count).